The molecule has 0 bridgehead atoms. The highest BCUT2D eigenvalue weighted by Gasteiger charge is 2.34. The maximum Gasteiger partial charge on any atom is 0.406 e. The van der Waals surface area contributed by atoms with Gasteiger partial charge in [0.15, 0.2) is 0 Å². The van der Waals surface area contributed by atoms with Gasteiger partial charge in [0, 0.05) is 13.1 Å². The van der Waals surface area contributed by atoms with E-state index in [4.69, 9.17) is 4.74 Å². The summed E-state index contributed by atoms with van der Waals surface area (Å²) in [4.78, 5) is 36.6. The van der Waals surface area contributed by atoms with Crippen molar-refractivity contribution < 1.29 is 23.9 Å². The number of nitrogens with zero attached hydrogens (tertiary/aromatic N) is 1. The predicted molar refractivity (Wildman–Crippen MR) is 90.7 cm³/mol. The van der Waals surface area contributed by atoms with Crippen molar-refractivity contribution in [3.8, 4) is 5.75 Å². The number of thioether (sulfide) groups is 1. The molecule has 1 saturated heterocycles. The van der Waals surface area contributed by atoms with Gasteiger partial charge in [-0.05, 0) is 42.5 Å². The van der Waals surface area contributed by atoms with Crippen LogP contribution in [0.25, 0.3) is 6.08 Å². The van der Waals surface area contributed by atoms with Crippen LogP contribution >= 0.6 is 11.8 Å². The van der Waals surface area contributed by atoms with Gasteiger partial charge in [-0.1, -0.05) is 12.1 Å². The van der Waals surface area contributed by atoms with Crippen molar-refractivity contribution in [3.63, 3.8) is 0 Å². The standard InChI is InChI=1S/C16H18N2O5S/c1-3-23-12-6-4-11(5-7-12)10-13-14(19)18(16(21)24-13)9-8-17-15(20)22-2/h4-7,10H,3,8-9H2,1-2H3,(H,17,20)/b13-10-. The minimum Gasteiger partial charge on any atom is -0.494 e. The molecule has 1 fully saturated rings. The Hall–Kier alpha value is -2.48. The van der Waals surface area contributed by atoms with Crippen LogP contribution in [0.1, 0.15) is 12.5 Å². The molecule has 2 rings (SSSR count). The van der Waals surface area contributed by atoms with Crippen molar-refractivity contribution >= 4 is 35.1 Å². The monoisotopic (exact) mass is 350 g/mol. The first kappa shape index (κ1) is 17.9. The van der Waals surface area contributed by atoms with E-state index in [2.05, 4.69) is 10.1 Å². The highest BCUT2D eigenvalue weighted by molar-refractivity contribution is 8.18. The van der Waals surface area contributed by atoms with Crippen LogP contribution in [0, 0.1) is 0 Å². The lowest BCUT2D eigenvalue weighted by atomic mass is 10.2. The second-order valence-electron chi connectivity index (χ2n) is 4.75. The number of carbonyl (C=O) groups is 3. The molecule has 1 aliphatic rings. The van der Waals surface area contributed by atoms with Gasteiger partial charge in [-0.15, -0.1) is 0 Å². The first-order valence-corrected chi connectivity index (χ1v) is 8.17. The highest BCUT2D eigenvalue weighted by atomic mass is 32.2. The number of nitrogens with one attached hydrogen (secondary N) is 1. The van der Waals surface area contributed by atoms with Gasteiger partial charge in [-0.3, -0.25) is 14.5 Å². The molecule has 0 aromatic heterocycles. The molecule has 0 unspecified atom stereocenters. The fourth-order valence-electron chi connectivity index (χ4n) is 2.01. The van der Waals surface area contributed by atoms with E-state index in [-0.39, 0.29) is 24.2 Å². The quantitative estimate of drug-likeness (QED) is 0.794. The molecule has 1 aromatic carbocycles. The van der Waals surface area contributed by atoms with Gasteiger partial charge >= 0.3 is 6.09 Å². The number of alkyl carbamates (subject to hydrolysis) is 1. The second-order valence-corrected chi connectivity index (χ2v) is 5.75. The number of methoxy groups -OCH3 is 1. The van der Waals surface area contributed by atoms with Crippen LogP contribution in [-0.2, 0) is 9.53 Å². The minimum absolute atomic E-state index is 0.0976. The van der Waals surface area contributed by atoms with E-state index >= 15 is 0 Å². The Kier molecular flexibility index (Phi) is 6.25. The summed E-state index contributed by atoms with van der Waals surface area (Å²) >= 11 is 0.879. The van der Waals surface area contributed by atoms with Gasteiger partial charge in [0.2, 0.25) is 0 Å². The Labute approximate surface area is 144 Å². The number of rotatable bonds is 6. The fourth-order valence-corrected chi connectivity index (χ4v) is 2.88. The van der Waals surface area contributed by atoms with Crippen LogP contribution in [0.5, 0.6) is 5.75 Å². The number of hydrogen-bond donors (Lipinski definition) is 1. The summed E-state index contributed by atoms with van der Waals surface area (Å²) in [5.41, 5.74) is 0.802. The summed E-state index contributed by atoms with van der Waals surface area (Å²) in [5.74, 6) is 0.377. The van der Waals surface area contributed by atoms with E-state index in [1.807, 2.05) is 19.1 Å². The molecule has 1 N–H and O–H groups in total. The van der Waals surface area contributed by atoms with E-state index in [1.54, 1.807) is 18.2 Å². The normalized spacial score (nSPS) is 15.8. The third-order valence-electron chi connectivity index (χ3n) is 3.15. The number of carbonyl (C=O) groups excluding carboxylic acids is 3. The summed E-state index contributed by atoms with van der Waals surface area (Å²) in [7, 11) is 1.25. The summed E-state index contributed by atoms with van der Waals surface area (Å²) in [5, 5.41) is 2.08. The molecule has 128 valence electrons. The lowest BCUT2D eigenvalue weighted by Gasteiger charge is -2.12. The molecule has 1 heterocycles. The third kappa shape index (κ3) is 4.51. The van der Waals surface area contributed by atoms with Crippen molar-refractivity contribution in [1.82, 2.24) is 10.2 Å². The smallest absolute Gasteiger partial charge is 0.406 e. The number of ether oxygens (including phenoxy) is 2. The Balaban J connectivity index is 2.00. The zero-order valence-corrected chi connectivity index (χ0v) is 14.2. The topological polar surface area (TPSA) is 84.9 Å². The Bertz CT molecular complexity index is 657. The molecule has 0 radical (unpaired) electrons. The van der Waals surface area contributed by atoms with Crippen LogP contribution in [0.15, 0.2) is 29.2 Å². The Morgan fingerprint density at radius 3 is 2.62 bits per heavy atom. The Morgan fingerprint density at radius 2 is 2.00 bits per heavy atom. The first-order valence-electron chi connectivity index (χ1n) is 7.35. The molecule has 0 saturated carbocycles. The van der Waals surface area contributed by atoms with Crippen LogP contribution in [0.3, 0.4) is 0 Å². The predicted octanol–water partition coefficient (Wildman–Crippen LogP) is 2.48. The molecule has 1 aromatic rings. The molecule has 7 nitrogen and oxygen atoms in total. The zero-order chi connectivity index (χ0) is 17.5. The van der Waals surface area contributed by atoms with E-state index in [1.165, 1.54) is 7.11 Å². The molecule has 1 aliphatic heterocycles. The number of amides is 3. The average Bonchev–Trinajstić information content (AvgIpc) is 2.84. The minimum atomic E-state index is -0.605. The van der Waals surface area contributed by atoms with Gasteiger partial charge in [0.1, 0.15) is 5.75 Å². The largest absolute Gasteiger partial charge is 0.494 e. The zero-order valence-electron chi connectivity index (χ0n) is 13.4. The highest BCUT2D eigenvalue weighted by Crippen LogP contribution is 2.32. The van der Waals surface area contributed by atoms with Gasteiger partial charge in [-0.25, -0.2) is 4.79 Å². The maximum absolute atomic E-state index is 12.3. The van der Waals surface area contributed by atoms with Crippen molar-refractivity contribution in [3.05, 3.63) is 34.7 Å². The number of imide groups is 1. The molecule has 0 spiro atoms. The van der Waals surface area contributed by atoms with Crippen molar-refractivity contribution in [2.24, 2.45) is 0 Å². The van der Waals surface area contributed by atoms with Crippen LogP contribution in [-0.4, -0.2) is 48.9 Å². The van der Waals surface area contributed by atoms with E-state index in [9.17, 15) is 14.4 Å². The lowest BCUT2D eigenvalue weighted by Crippen LogP contribution is -2.37. The molecular weight excluding hydrogens is 332 g/mol. The van der Waals surface area contributed by atoms with Crippen molar-refractivity contribution in [2.45, 2.75) is 6.92 Å². The fraction of sp³-hybridized carbons (Fsp3) is 0.312. The van der Waals surface area contributed by atoms with Gasteiger partial charge in [-0.2, -0.15) is 0 Å². The van der Waals surface area contributed by atoms with Gasteiger partial charge in [0.25, 0.3) is 11.1 Å². The lowest BCUT2D eigenvalue weighted by molar-refractivity contribution is -0.122. The third-order valence-corrected chi connectivity index (χ3v) is 4.06. The van der Waals surface area contributed by atoms with E-state index < -0.39 is 6.09 Å². The van der Waals surface area contributed by atoms with E-state index in [0.29, 0.717) is 11.5 Å². The number of hydrogen-bond acceptors (Lipinski definition) is 6. The molecule has 24 heavy (non-hydrogen) atoms. The molecule has 3 amide bonds. The van der Waals surface area contributed by atoms with Gasteiger partial charge < -0.3 is 14.8 Å². The average molecular weight is 350 g/mol. The maximum atomic E-state index is 12.3. The van der Waals surface area contributed by atoms with Gasteiger partial charge in [0.05, 0.1) is 18.6 Å². The summed E-state index contributed by atoms with van der Waals surface area (Å²) in [6, 6.07) is 7.25. The molecular formula is C16H18N2O5S. The van der Waals surface area contributed by atoms with Crippen LogP contribution in [0.4, 0.5) is 9.59 Å². The number of benzene rings is 1. The van der Waals surface area contributed by atoms with Crippen LogP contribution in [0.2, 0.25) is 0 Å². The Morgan fingerprint density at radius 1 is 1.29 bits per heavy atom. The second kappa shape index (κ2) is 8.39. The molecule has 0 atom stereocenters. The summed E-state index contributed by atoms with van der Waals surface area (Å²) < 4.78 is 9.79. The SMILES string of the molecule is CCOc1ccc(/C=C2\SC(=O)N(CCNC(=O)OC)C2=O)cc1. The van der Waals surface area contributed by atoms with Crippen molar-refractivity contribution in [2.75, 3.05) is 26.8 Å². The van der Waals surface area contributed by atoms with E-state index in [0.717, 1.165) is 28.0 Å². The summed E-state index contributed by atoms with van der Waals surface area (Å²) in [6.45, 7) is 2.72. The summed E-state index contributed by atoms with van der Waals surface area (Å²) in [6.07, 6.45) is 1.06. The van der Waals surface area contributed by atoms with Crippen LogP contribution < -0.4 is 10.1 Å². The first-order chi connectivity index (χ1) is 11.5. The molecule has 0 aliphatic carbocycles. The molecule has 8 heteroatoms. The van der Waals surface area contributed by atoms with Crippen molar-refractivity contribution in [1.29, 1.82) is 0 Å².